The Bertz CT molecular complexity index is 1040. The average Bonchev–Trinajstić information content (AvgIpc) is 3.16. The summed E-state index contributed by atoms with van der Waals surface area (Å²) in [5.74, 6) is 0.887. The van der Waals surface area contributed by atoms with Crippen molar-refractivity contribution in [2.45, 2.75) is 13.5 Å². The lowest BCUT2D eigenvalue weighted by atomic mass is 10.2. The molecule has 0 spiro atoms. The molecule has 2 N–H and O–H groups in total. The summed E-state index contributed by atoms with van der Waals surface area (Å²) in [6.45, 7) is 2.48. The molecule has 0 saturated carbocycles. The average molecular weight is 357 g/mol. The van der Waals surface area contributed by atoms with Gasteiger partial charge in [0.1, 0.15) is 11.5 Å². The number of hydrogen-bond acceptors (Lipinski definition) is 6. The van der Waals surface area contributed by atoms with Crippen LogP contribution in [0.3, 0.4) is 0 Å². The first-order valence-electron chi connectivity index (χ1n) is 7.27. The van der Waals surface area contributed by atoms with Gasteiger partial charge in [-0.05, 0) is 18.6 Å². The highest BCUT2D eigenvalue weighted by Crippen LogP contribution is 2.24. The number of aromatic nitrogens is 5. The number of benzene rings is 1. The second-order valence-corrected chi connectivity index (χ2v) is 6.81. The van der Waals surface area contributed by atoms with Crippen molar-refractivity contribution in [3.05, 3.63) is 51.4 Å². The van der Waals surface area contributed by atoms with Gasteiger partial charge in [-0.2, -0.15) is 5.10 Å². The Morgan fingerprint density at radius 2 is 2.04 bits per heavy atom. The van der Waals surface area contributed by atoms with E-state index >= 15 is 0 Å². The van der Waals surface area contributed by atoms with Crippen molar-refractivity contribution in [2.24, 2.45) is 0 Å². The maximum atomic E-state index is 6.21. The third-order valence-electron chi connectivity index (χ3n) is 3.59. The Morgan fingerprint density at radius 1 is 1.21 bits per heavy atom. The van der Waals surface area contributed by atoms with Crippen LogP contribution in [-0.2, 0) is 6.54 Å². The molecule has 0 fully saturated rings. The number of rotatable bonds is 3. The Labute approximate surface area is 147 Å². The van der Waals surface area contributed by atoms with Gasteiger partial charge >= 0.3 is 0 Å². The number of aryl methyl sites for hydroxylation is 1. The summed E-state index contributed by atoms with van der Waals surface area (Å²) in [5, 5.41) is 8.80. The van der Waals surface area contributed by atoms with Crippen LogP contribution in [0.4, 0.5) is 5.82 Å². The number of nitrogens with two attached hydrogens (primary N) is 1. The minimum absolute atomic E-state index is 0.395. The van der Waals surface area contributed by atoms with Crippen molar-refractivity contribution in [1.82, 2.24) is 24.7 Å². The summed E-state index contributed by atoms with van der Waals surface area (Å²) in [7, 11) is 0. The van der Waals surface area contributed by atoms with Gasteiger partial charge in [0.25, 0.3) is 0 Å². The summed E-state index contributed by atoms with van der Waals surface area (Å²) in [6.07, 6.45) is 1.84. The predicted octanol–water partition coefficient (Wildman–Crippen LogP) is 3.54. The van der Waals surface area contributed by atoms with E-state index in [4.69, 9.17) is 17.3 Å². The molecule has 4 rings (SSSR count). The van der Waals surface area contributed by atoms with Gasteiger partial charge in [0, 0.05) is 16.6 Å². The highest BCUT2D eigenvalue weighted by Gasteiger charge is 2.13. The Morgan fingerprint density at radius 3 is 2.79 bits per heavy atom. The first-order chi connectivity index (χ1) is 11.6. The molecule has 120 valence electrons. The largest absolute Gasteiger partial charge is 0.383 e. The highest BCUT2D eigenvalue weighted by atomic mass is 35.5. The van der Waals surface area contributed by atoms with Crippen LogP contribution in [0.25, 0.3) is 22.6 Å². The Kier molecular flexibility index (Phi) is 3.66. The molecule has 8 heteroatoms. The van der Waals surface area contributed by atoms with Gasteiger partial charge in [-0.1, -0.05) is 29.8 Å². The van der Waals surface area contributed by atoms with Crippen LogP contribution in [-0.4, -0.2) is 24.7 Å². The van der Waals surface area contributed by atoms with Gasteiger partial charge in [0.2, 0.25) is 0 Å². The minimum atomic E-state index is 0.395. The highest BCUT2D eigenvalue weighted by molar-refractivity contribution is 7.09. The zero-order valence-corrected chi connectivity index (χ0v) is 14.3. The molecule has 24 heavy (non-hydrogen) atoms. The van der Waals surface area contributed by atoms with Crippen molar-refractivity contribution in [2.75, 3.05) is 5.73 Å². The number of anilines is 1. The third kappa shape index (κ3) is 2.72. The molecular weight excluding hydrogens is 344 g/mol. The van der Waals surface area contributed by atoms with E-state index in [1.165, 1.54) is 0 Å². The zero-order valence-electron chi connectivity index (χ0n) is 12.8. The molecule has 0 bridgehead atoms. The Hall–Kier alpha value is -2.51. The van der Waals surface area contributed by atoms with Crippen LogP contribution in [0.15, 0.2) is 35.8 Å². The Balaban J connectivity index is 1.75. The smallest absolute Gasteiger partial charge is 0.187 e. The van der Waals surface area contributed by atoms with Gasteiger partial charge in [0.05, 0.1) is 16.9 Å². The lowest BCUT2D eigenvalue weighted by Crippen LogP contribution is -2.00. The predicted molar refractivity (Wildman–Crippen MR) is 96.1 cm³/mol. The molecule has 3 heterocycles. The van der Waals surface area contributed by atoms with Crippen LogP contribution in [0.1, 0.15) is 10.6 Å². The molecule has 0 aliphatic heterocycles. The van der Waals surface area contributed by atoms with E-state index in [2.05, 4.69) is 20.1 Å². The van der Waals surface area contributed by atoms with Crippen molar-refractivity contribution in [3.63, 3.8) is 0 Å². The molecule has 0 atom stereocenters. The maximum Gasteiger partial charge on any atom is 0.187 e. The number of nitrogens with zero attached hydrogens (tertiary/aromatic N) is 5. The lowest BCUT2D eigenvalue weighted by Gasteiger charge is -2.03. The van der Waals surface area contributed by atoms with Gasteiger partial charge in [-0.15, -0.1) is 11.3 Å². The van der Waals surface area contributed by atoms with Crippen molar-refractivity contribution in [3.8, 4) is 11.5 Å². The number of nitrogen functional groups attached to an aromatic ring is 1. The first kappa shape index (κ1) is 15.0. The van der Waals surface area contributed by atoms with Crippen molar-refractivity contribution >= 4 is 39.8 Å². The number of halogens is 1. The fraction of sp³-hybridized carbons (Fsp3) is 0.125. The van der Waals surface area contributed by atoms with E-state index in [0.29, 0.717) is 34.6 Å². The van der Waals surface area contributed by atoms with E-state index in [1.54, 1.807) is 16.0 Å². The molecular formula is C16H13ClN6S. The van der Waals surface area contributed by atoms with Crippen LogP contribution in [0.5, 0.6) is 0 Å². The molecule has 0 unspecified atom stereocenters. The van der Waals surface area contributed by atoms with Gasteiger partial charge in [0.15, 0.2) is 11.5 Å². The first-order valence-corrected chi connectivity index (χ1v) is 8.52. The standard InChI is InChI=1S/C16H13ClN6S/c1-9-19-13(8-24-9)16-20-14(18)11-7-23(22-15(11)21-16)6-10-4-2-3-5-12(10)17/h2-5,7-8H,6H2,1H3,(H2,18,20,21,22). The van der Waals surface area contributed by atoms with Crippen molar-refractivity contribution in [1.29, 1.82) is 0 Å². The molecule has 1 aromatic carbocycles. The molecule has 0 aliphatic carbocycles. The van der Waals surface area contributed by atoms with E-state index in [-0.39, 0.29) is 0 Å². The number of hydrogen-bond donors (Lipinski definition) is 1. The summed E-state index contributed by atoms with van der Waals surface area (Å²) in [4.78, 5) is 13.2. The van der Waals surface area contributed by atoms with Crippen LogP contribution < -0.4 is 5.73 Å². The summed E-state index contributed by atoms with van der Waals surface area (Å²) in [6, 6.07) is 7.67. The molecule has 3 aromatic heterocycles. The molecule has 0 aliphatic rings. The topological polar surface area (TPSA) is 82.5 Å². The van der Waals surface area contributed by atoms with Crippen molar-refractivity contribution < 1.29 is 0 Å². The molecule has 0 saturated heterocycles. The van der Waals surface area contributed by atoms with Gasteiger partial charge < -0.3 is 5.73 Å². The van der Waals surface area contributed by atoms with Crippen LogP contribution >= 0.6 is 22.9 Å². The van der Waals surface area contributed by atoms with E-state index in [0.717, 1.165) is 16.0 Å². The van der Waals surface area contributed by atoms with E-state index < -0.39 is 0 Å². The monoisotopic (exact) mass is 356 g/mol. The number of thiazole rings is 1. The second kappa shape index (κ2) is 5.85. The second-order valence-electron chi connectivity index (χ2n) is 5.34. The lowest BCUT2D eigenvalue weighted by molar-refractivity contribution is 0.693. The molecule has 0 radical (unpaired) electrons. The minimum Gasteiger partial charge on any atom is -0.383 e. The quantitative estimate of drug-likeness (QED) is 0.607. The fourth-order valence-electron chi connectivity index (χ4n) is 2.44. The summed E-state index contributed by atoms with van der Waals surface area (Å²) < 4.78 is 1.77. The van der Waals surface area contributed by atoms with Gasteiger partial charge in [-0.25, -0.2) is 15.0 Å². The zero-order chi connectivity index (χ0) is 16.7. The maximum absolute atomic E-state index is 6.21. The van der Waals surface area contributed by atoms with Crippen LogP contribution in [0.2, 0.25) is 5.02 Å². The SMILES string of the molecule is Cc1nc(-c2nc(N)c3cn(Cc4ccccc4Cl)nc3n2)cs1. The van der Waals surface area contributed by atoms with Crippen LogP contribution in [0, 0.1) is 6.92 Å². The van der Waals surface area contributed by atoms with E-state index in [9.17, 15) is 0 Å². The van der Waals surface area contributed by atoms with E-state index in [1.807, 2.05) is 42.8 Å². The summed E-state index contributed by atoms with van der Waals surface area (Å²) >= 11 is 7.76. The third-order valence-corrected chi connectivity index (χ3v) is 4.74. The summed E-state index contributed by atoms with van der Waals surface area (Å²) in [5.41, 5.74) is 8.33. The normalized spacial score (nSPS) is 11.2. The molecule has 4 aromatic rings. The molecule has 6 nitrogen and oxygen atoms in total. The van der Waals surface area contributed by atoms with Gasteiger partial charge in [-0.3, -0.25) is 4.68 Å². The molecule has 0 amide bonds. The number of fused-ring (bicyclic) bond motifs is 1. The fourth-order valence-corrected chi connectivity index (χ4v) is 3.22.